The molecule has 0 spiro atoms. The minimum Gasteiger partial charge on any atom is -0.756 e. The van der Waals surface area contributed by atoms with Gasteiger partial charge < -0.3 is 28.8 Å². The normalized spacial score (nSPS) is 14.8. The number of aliphatic hydroxyl groups excluding tert-OH is 1. The number of allylic oxidation sites excluding steroid dienone is 20. The summed E-state index contributed by atoms with van der Waals surface area (Å²) in [4.78, 5) is 25.5. The highest BCUT2D eigenvalue weighted by atomic mass is 31.2. The standard InChI is InChI=1S/C64H111N2O6P/c1-6-8-10-12-14-16-18-20-21-22-23-24-25-26-27-28-29-30-31-32-33-34-35-36-37-38-39-40-41-42-43-44-45-46-48-50-52-54-56-58-64(68)65-62(61-72-73(69,70)71-60-59-66(3,4)5)63(67)57-55-53-51-49-47-19-17-15-13-11-9-7-2/h8,10,14,16,20-21,23-24,26-27,29-30,32-33,35-36,38-39,41-42,62-63,67H,6-7,9,11-13,15,17-19,22,25,28,31,34,37,40,43-61H2,1-5H3,(H-,65,68,69,70)/b10-8-,16-14-,21-20-,24-23-,27-26-,30-29-,33-32-,36-35-,39-38-,42-41-. The Bertz CT molecular complexity index is 1600. The van der Waals surface area contributed by atoms with Crippen LogP contribution in [0.15, 0.2) is 122 Å². The molecule has 0 aliphatic heterocycles. The quantitative estimate of drug-likeness (QED) is 0.0272. The van der Waals surface area contributed by atoms with E-state index in [1.807, 2.05) is 21.1 Å². The number of unbranched alkanes of at least 4 members (excludes halogenated alkanes) is 19. The molecule has 0 aromatic carbocycles. The molecule has 3 atom stereocenters. The van der Waals surface area contributed by atoms with Crippen molar-refractivity contribution in [1.29, 1.82) is 0 Å². The first-order chi connectivity index (χ1) is 35.5. The predicted molar refractivity (Wildman–Crippen MR) is 315 cm³/mol. The van der Waals surface area contributed by atoms with Gasteiger partial charge in [-0.1, -0.05) is 251 Å². The van der Waals surface area contributed by atoms with Crippen molar-refractivity contribution in [3.8, 4) is 0 Å². The van der Waals surface area contributed by atoms with Crippen molar-refractivity contribution in [2.24, 2.45) is 0 Å². The second-order valence-electron chi connectivity index (χ2n) is 20.6. The van der Waals surface area contributed by atoms with Crippen molar-refractivity contribution < 1.29 is 32.9 Å². The number of nitrogens with zero attached hydrogens (tertiary/aromatic N) is 1. The van der Waals surface area contributed by atoms with E-state index < -0.39 is 20.0 Å². The zero-order valence-corrected chi connectivity index (χ0v) is 48.4. The molecule has 0 heterocycles. The molecule has 0 radical (unpaired) electrons. The lowest BCUT2D eigenvalue weighted by atomic mass is 10.0. The molecule has 73 heavy (non-hydrogen) atoms. The van der Waals surface area contributed by atoms with Crippen molar-refractivity contribution in [3.05, 3.63) is 122 Å². The van der Waals surface area contributed by atoms with Crippen LogP contribution >= 0.6 is 7.82 Å². The first-order valence-electron chi connectivity index (χ1n) is 29.4. The van der Waals surface area contributed by atoms with E-state index in [1.54, 1.807) is 0 Å². The molecule has 9 heteroatoms. The highest BCUT2D eigenvalue weighted by Crippen LogP contribution is 2.38. The summed E-state index contributed by atoms with van der Waals surface area (Å²) in [6.07, 6.45) is 79.5. The number of carbonyl (C=O) groups excluding carboxylic acids is 1. The van der Waals surface area contributed by atoms with Gasteiger partial charge in [0.25, 0.3) is 7.82 Å². The Morgan fingerprint density at radius 1 is 0.493 bits per heavy atom. The fourth-order valence-electron chi connectivity index (χ4n) is 7.89. The molecule has 1 amide bonds. The number of rotatable bonds is 52. The van der Waals surface area contributed by atoms with Crippen molar-refractivity contribution in [3.63, 3.8) is 0 Å². The van der Waals surface area contributed by atoms with E-state index in [0.717, 1.165) is 109 Å². The first-order valence-corrected chi connectivity index (χ1v) is 30.8. The van der Waals surface area contributed by atoms with Gasteiger partial charge in [-0.05, 0) is 89.9 Å². The fraction of sp³-hybridized carbons (Fsp3) is 0.672. The maximum atomic E-state index is 13.0. The minimum absolute atomic E-state index is 0.00483. The third-order valence-electron chi connectivity index (χ3n) is 12.5. The van der Waals surface area contributed by atoms with Crippen LogP contribution in [0.4, 0.5) is 0 Å². The van der Waals surface area contributed by atoms with Crippen LogP contribution in [-0.4, -0.2) is 68.5 Å². The number of carbonyl (C=O) groups is 1. The predicted octanol–water partition coefficient (Wildman–Crippen LogP) is 17.5. The monoisotopic (exact) mass is 1030 g/mol. The van der Waals surface area contributed by atoms with E-state index in [1.165, 1.54) is 89.9 Å². The summed E-state index contributed by atoms with van der Waals surface area (Å²) in [6, 6.07) is -0.812. The number of nitrogens with one attached hydrogen (secondary N) is 1. The third kappa shape index (κ3) is 56.5. The van der Waals surface area contributed by atoms with E-state index >= 15 is 0 Å². The summed E-state index contributed by atoms with van der Waals surface area (Å²) in [5.41, 5.74) is 0. The molecular formula is C64H111N2O6P. The summed E-state index contributed by atoms with van der Waals surface area (Å²) in [5.74, 6) is -0.179. The molecule has 0 aliphatic rings. The van der Waals surface area contributed by atoms with Gasteiger partial charge in [0.05, 0.1) is 39.9 Å². The van der Waals surface area contributed by atoms with Crippen LogP contribution in [0.1, 0.15) is 226 Å². The molecule has 0 aromatic rings. The highest BCUT2D eigenvalue weighted by molar-refractivity contribution is 7.45. The summed E-state index contributed by atoms with van der Waals surface area (Å²) in [7, 11) is 1.28. The largest absolute Gasteiger partial charge is 0.756 e. The number of phosphoric ester groups is 1. The van der Waals surface area contributed by atoms with E-state index in [0.29, 0.717) is 23.9 Å². The Kier molecular flexibility index (Phi) is 51.4. The van der Waals surface area contributed by atoms with Gasteiger partial charge in [0.15, 0.2) is 0 Å². The molecular weight excluding hydrogens is 924 g/mol. The van der Waals surface area contributed by atoms with Gasteiger partial charge in [0.1, 0.15) is 13.2 Å². The maximum absolute atomic E-state index is 13.0. The molecule has 2 N–H and O–H groups in total. The van der Waals surface area contributed by atoms with Gasteiger partial charge in [0, 0.05) is 6.42 Å². The Labute approximate surface area is 450 Å². The van der Waals surface area contributed by atoms with Crippen molar-refractivity contribution in [2.75, 3.05) is 40.9 Å². The maximum Gasteiger partial charge on any atom is 0.268 e. The zero-order valence-electron chi connectivity index (χ0n) is 47.5. The molecule has 8 nitrogen and oxygen atoms in total. The summed E-state index contributed by atoms with van der Waals surface area (Å²) < 4.78 is 23.3. The number of amides is 1. The molecule has 0 aliphatic carbocycles. The molecule has 0 fully saturated rings. The zero-order chi connectivity index (χ0) is 53.5. The number of likely N-dealkylation sites (N-methyl/N-ethyl adjacent to an activating group) is 1. The van der Waals surface area contributed by atoms with Crippen LogP contribution in [0, 0.1) is 0 Å². The Morgan fingerprint density at radius 3 is 1.22 bits per heavy atom. The van der Waals surface area contributed by atoms with Gasteiger partial charge in [-0.3, -0.25) is 9.36 Å². The van der Waals surface area contributed by atoms with Gasteiger partial charge in [-0.25, -0.2) is 0 Å². The number of quaternary nitrogens is 1. The van der Waals surface area contributed by atoms with Gasteiger partial charge >= 0.3 is 0 Å². The lowest BCUT2D eigenvalue weighted by molar-refractivity contribution is -0.870. The Balaban J connectivity index is 4.09. The van der Waals surface area contributed by atoms with E-state index in [2.05, 4.69) is 141 Å². The summed E-state index contributed by atoms with van der Waals surface area (Å²) in [5, 5.41) is 14.0. The smallest absolute Gasteiger partial charge is 0.268 e. The molecule has 0 saturated carbocycles. The SMILES string of the molecule is CC/C=C\C/C=C\C/C=C\C/C=C\C/C=C\C/C=C\C/C=C\C/C=C\C/C=C\C/C=C\CCCCCCCCCCC(=O)NC(COP(=O)([O-])OCC[N+](C)(C)C)C(O)CCCCCCCCCCCCCC. The molecule has 3 unspecified atom stereocenters. The Morgan fingerprint density at radius 2 is 0.836 bits per heavy atom. The first kappa shape index (κ1) is 69.9. The minimum atomic E-state index is -4.58. The molecule has 0 bridgehead atoms. The van der Waals surface area contributed by atoms with Crippen LogP contribution in [0.3, 0.4) is 0 Å². The topological polar surface area (TPSA) is 108 Å². The number of phosphoric acid groups is 1. The van der Waals surface area contributed by atoms with Crippen molar-refractivity contribution in [2.45, 2.75) is 238 Å². The van der Waals surface area contributed by atoms with Gasteiger partial charge in [0.2, 0.25) is 5.91 Å². The number of aliphatic hydroxyl groups is 1. The number of hydrogen-bond donors (Lipinski definition) is 2. The average Bonchev–Trinajstić information content (AvgIpc) is 3.35. The lowest BCUT2D eigenvalue weighted by Crippen LogP contribution is -2.46. The van der Waals surface area contributed by atoms with E-state index in [-0.39, 0.29) is 19.1 Å². The molecule has 418 valence electrons. The van der Waals surface area contributed by atoms with E-state index in [4.69, 9.17) is 9.05 Å². The van der Waals surface area contributed by atoms with Crippen molar-refractivity contribution in [1.82, 2.24) is 5.32 Å². The second kappa shape index (κ2) is 53.7. The summed E-state index contributed by atoms with van der Waals surface area (Å²) in [6.45, 7) is 4.58. The number of hydrogen-bond acceptors (Lipinski definition) is 6. The molecule has 0 saturated heterocycles. The van der Waals surface area contributed by atoms with Crippen LogP contribution in [-0.2, 0) is 18.4 Å². The third-order valence-corrected chi connectivity index (χ3v) is 13.4. The van der Waals surface area contributed by atoms with Gasteiger partial charge in [-0.15, -0.1) is 0 Å². The fourth-order valence-corrected chi connectivity index (χ4v) is 8.61. The Hall–Kier alpha value is -3.10. The van der Waals surface area contributed by atoms with Crippen LogP contribution in [0.5, 0.6) is 0 Å². The van der Waals surface area contributed by atoms with Crippen LogP contribution in [0.2, 0.25) is 0 Å². The van der Waals surface area contributed by atoms with Crippen LogP contribution in [0.25, 0.3) is 0 Å². The molecule has 0 rings (SSSR count). The average molecular weight is 1040 g/mol. The van der Waals surface area contributed by atoms with Gasteiger partial charge in [-0.2, -0.15) is 0 Å². The van der Waals surface area contributed by atoms with Crippen LogP contribution < -0.4 is 10.2 Å². The van der Waals surface area contributed by atoms with E-state index in [9.17, 15) is 19.4 Å². The summed E-state index contributed by atoms with van der Waals surface area (Å²) >= 11 is 0. The van der Waals surface area contributed by atoms with Crippen molar-refractivity contribution >= 4 is 13.7 Å². The highest BCUT2D eigenvalue weighted by Gasteiger charge is 2.24. The molecule has 0 aromatic heterocycles. The lowest BCUT2D eigenvalue weighted by Gasteiger charge is -2.30. The second-order valence-corrected chi connectivity index (χ2v) is 22.0.